The summed E-state index contributed by atoms with van der Waals surface area (Å²) in [6.07, 6.45) is 3.13. The number of nitrogens with zero attached hydrogens (tertiary/aromatic N) is 1. The number of likely N-dealkylation sites (N-methyl/N-ethyl adjacent to an activating group) is 1. The van der Waals surface area contributed by atoms with Crippen LogP contribution in [0.15, 0.2) is 30.3 Å². The summed E-state index contributed by atoms with van der Waals surface area (Å²) >= 11 is 0. The van der Waals surface area contributed by atoms with Crippen molar-refractivity contribution in [3.63, 3.8) is 0 Å². The normalized spacial score (nSPS) is 20.7. The Morgan fingerprint density at radius 2 is 1.48 bits per heavy atom. The predicted molar refractivity (Wildman–Crippen MR) is 115 cm³/mol. The van der Waals surface area contributed by atoms with E-state index in [9.17, 15) is 0 Å². The van der Waals surface area contributed by atoms with Crippen molar-refractivity contribution < 1.29 is 23.4 Å². The highest BCUT2D eigenvalue weighted by atomic mass is 16.5. The van der Waals surface area contributed by atoms with Gasteiger partial charge in [-0.15, -0.1) is 0 Å². The third-order valence-electron chi connectivity index (χ3n) is 6.26. The van der Waals surface area contributed by atoms with Gasteiger partial charge in [-0.05, 0) is 41.8 Å². The van der Waals surface area contributed by atoms with E-state index >= 15 is 0 Å². The standard InChI is InChI=1S/C24H34NO4/c1-7-11-25(2)12-10-18-15-23(28-5)24(29-6)16-19(18)20(25)13-17-8-9-21(26-3)22(14-17)27-4/h8-9,14-16,20H,7,10-13H2,1-6H3/q+1/t20-,25+/m1/s1. The smallest absolute Gasteiger partial charge is 0.161 e. The number of quaternary nitrogens is 1. The summed E-state index contributed by atoms with van der Waals surface area (Å²) in [6.45, 7) is 4.53. The molecule has 0 N–H and O–H groups in total. The number of hydrogen-bond acceptors (Lipinski definition) is 4. The fraction of sp³-hybridized carbons (Fsp3) is 0.500. The highest BCUT2D eigenvalue weighted by Crippen LogP contribution is 2.43. The molecule has 0 radical (unpaired) electrons. The summed E-state index contributed by atoms with van der Waals surface area (Å²) in [5.74, 6) is 3.15. The molecule has 1 aliphatic heterocycles. The SMILES string of the molecule is CCC[N@@+]1(C)CCc2cc(OC)c(OC)cc2[C@H]1Cc1ccc(OC)c(OC)c1. The molecule has 0 bridgehead atoms. The molecule has 0 aliphatic carbocycles. The minimum atomic E-state index is 0.344. The van der Waals surface area contributed by atoms with Crippen molar-refractivity contribution in [1.82, 2.24) is 0 Å². The van der Waals surface area contributed by atoms with Crippen molar-refractivity contribution in [1.29, 1.82) is 0 Å². The molecule has 5 heteroatoms. The van der Waals surface area contributed by atoms with Crippen molar-refractivity contribution in [2.24, 2.45) is 0 Å². The zero-order chi connectivity index (χ0) is 21.0. The van der Waals surface area contributed by atoms with Crippen LogP contribution in [0, 0.1) is 0 Å². The van der Waals surface area contributed by atoms with E-state index in [1.165, 1.54) is 16.7 Å². The fourth-order valence-electron chi connectivity index (χ4n) is 4.67. The molecule has 2 aromatic carbocycles. The Bertz CT molecular complexity index is 851. The molecule has 158 valence electrons. The molecule has 0 aromatic heterocycles. The summed E-state index contributed by atoms with van der Waals surface area (Å²) in [6, 6.07) is 10.9. The van der Waals surface area contributed by atoms with Gasteiger partial charge in [-0.3, -0.25) is 0 Å². The Morgan fingerprint density at radius 1 is 0.862 bits per heavy atom. The minimum Gasteiger partial charge on any atom is -0.493 e. The van der Waals surface area contributed by atoms with Crippen molar-refractivity contribution in [3.05, 3.63) is 47.0 Å². The van der Waals surface area contributed by atoms with E-state index < -0.39 is 0 Å². The van der Waals surface area contributed by atoms with Gasteiger partial charge >= 0.3 is 0 Å². The number of hydrogen-bond donors (Lipinski definition) is 0. The summed E-state index contributed by atoms with van der Waals surface area (Å²) in [7, 11) is 9.15. The Kier molecular flexibility index (Phi) is 6.58. The number of benzene rings is 2. The van der Waals surface area contributed by atoms with E-state index in [2.05, 4.69) is 38.2 Å². The van der Waals surface area contributed by atoms with Crippen LogP contribution in [0.3, 0.4) is 0 Å². The van der Waals surface area contributed by atoms with Gasteiger partial charge in [-0.1, -0.05) is 13.0 Å². The zero-order valence-corrected chi connectivity index (χ0v) is 18.6. The van der Waals surface area contributed by atoms with Gasteiger partial charge in [-0.2, -0.15) is 0 Å². The molecule has 2 atom stereocenters. The van der Waals surface area contributed by atoms with E-state index in [0.717, 1.165) is 59.8 Å². The summed E-state index contributed by atoms with van der Waals surface area (Å²) in [5, 5.41) is 0. The lowest BCUT2D eigenvalue weighted by Gasteiger charge is -2.46. The molecule has 0 saturated heterocycles. The molecule has 2 aromatic rings. The highest BCUT2D eigenvalue weighted by molar-refractivity contribution is 5.50. The number of ether oxygens (including phenoxy) is 4. The van der Waals surface area contributed by atoms with Crippen LogP contribution < -0.4 is 18.9 Å². The molecule has 5 nitrogen and oxygen atoms in total. The van der Waals surface area contributed by atoms with Crippen LogP contribution in [-0.2, 0) is 12.8 Å². The van der Waals surface area contributed by atoms with Gasteiger partial charge in [0.05, 0.1) is 48.6 Å². The predicted octanol–water partition coefficient (Wildman–Crippen LogP) is 4.42. The maximum absolute atomic E-state index is 5.63. The van der Waals surface area contributed by atoms with E-state index in [-0.39, 0.29) is 0 Å². The average Bonchev–Trinajstić information content (AvgIpc) is 2.74. The lowest BCUT2D eigenvalue weighted by Crippen LogP contribution is -2.52. The molecule has 0 saturated carbocycles. The van der Waals surface area contributed by atoms with Gasteiger partial charge in [0.1, 0.15) is 6.04 Å². The second kappa shape index (κ2) is 8.95. The van der Waals surface area contributed by atoms with Crippen molar-refractivity contribution >= 4 is 0 Å². The third-order valence-corrected chi connectivity index (χ3v) is 6.26. The van der Waals surface area contributed by atoms with Crippen LogP contribution in [0.5, 0.6) is 23.0 Å². The lowest BCUT2D eigenvalue weighted by atomic mass is 9.86. The van der Waals surface area contributed by atoms with Gasteiger partial charge in [0.25, 0.3) is 0 Å². The van der Waals surface area contributed by atoms with E-state index in [4.69, 9.17) is 18.9 Å². The Hall–Kier alpha value is -2.40. The van der Waals surface area contributed by atoms with Gasteiger partial charge < -0.3 is 23.4 Å². The van der Waals surface area contributed by atoms with Crippen LogP contribution in [-0.4, -0.2) is 53.1 Å². The Morgan fingerprint density at radius 3 is 2.10 bits per heavy atom. The van der Waals surface area contributed by atoms with Crippen molar-refractivity contribution in [3.8, 4) is 23.0 Å². The largest absolute Gasteiger partial charge is 0.493 e. The van der Waals surface area contributed by atoms with Crippen LogP contribution >= 0.6 is 0 Å². The second-order valence-electron chi connectivity index (χ2n) is 7.99. The van der Waals surface area contributed by atoms with Gasteiger partial charge in [0.2, 0.25) is 0 Å². The lowest BCUT2D eigenvalue weighted by molar-refractivity contribution is -0.941. The maximum atomic E-state index is 5.63. The Labute approximate surface area is 174 Å². The fourth-order valence-corrected chi connectivity index (χ4v) is 4.67. The summed E-state index contributed by atoms with van der Waals surface area (Å²) in [4.78, 5) is 0. The monoisotopic (exact) mass is 400 g/mol. The quantitative estimate of drug-likeness (QED) is 0.615. The second-order valence-corrected chi connectivity index (χ2v) is 7.99. The summed E-state index contributed by atoms with van der Waals surface area (Å²) in [5.41, 5.74) is 3.97. The van der Waals surface area contributed by atoms with E-state index in [1.807, 2.05) is 6.07 Å². The molecule has 3 rings (SSSR count). The maximum Gasteiger partial charge on any atom is 0.161 e. The van der Waals surface area contributed by atoms with Crippen LogP contribution in [0.25, 0.3) is 0 Å². The Balaban J connectivity index is 2.06. The average molecular weight is 401 g/mol. The summed E-state index contributed by atoms with van der Waals surface area (Å²) < 4.78 is 23.1. The highest BCUT2D eigenvalue weighted by Gasteiger charge is 2.39. The van der Waals surface area contributed by atoms with E-state index in [1.54, 1.807) is 28.4 Å². The number of rotatable bonds is 8. The first-order chi connectivity index (χ1) is 14.0. The molecule has 0 unspecified atom stereocenters. The molecular weight excluding hydrogens is 366 g/mol. The number of methoxy groups -OCH3 is 4. The van der Waals surface area contributed by atoms with E-state index in [0.29, 0.717) is 6.04 Å². The van der Waals surface area contributed by atoms with Crippen LogP contribution in [0.4, 0.5) is 0 Å². The van der Waals surface area contributed by atoms with Crippen molar-refractivity contribution in [2.75, 3.05) is 48.6 Å². The third kappa shape index (κ3) is 4.15. The first-order valence-corrected chi connectivity index (χ1v) is 10.3. The van der Waals surface area contributed by atoms with Crippen LogP contribution in [0.2, 0.25) is 0 Å². The molecule has 29 heavy (non-hydrogen) atoms. The molecule has 0 fully saturated rings. The topological polar surface area (TPSA) is 36.9 Å². The molecular formula is C24H34NO4+. The number of fused-ring (bicyclic) bond motifs is 1. The molecule has 1 aliphatic rings. The zero-order valence-electron chi connectivity index (χ0n) is 18.6. The van der Waals surface area contributed by atoms with Crippen molar-refractivity contribution in [2.45, 2.75) is 32.2 Å². The first-order valence-electron chi connectivity index (χ1n) is 10.3. The molecule has 0 amide bonds. The first kappa shape index (κ1) is 21.3. The minimum absolute atomic E-state index is 0.344. The molecule has 0 spiro atoms. The van der Waals surface area contributed by atoms with Gasteiger partial charge in [0.15, 0.2) is 23.0 Å². The van der Waals surface area contributed by atoms with Gasteiger partial charge in [-0.25, -0.2) is 0 Å². The van der Waals surface area contributed by atoms with Gasteiger partial charge in [0, 0.05) is 18.4 Å². The molecule has 1 heterocycles. The van der Waals surface area contributed by atoms with Crippen LogP contribution in [0.1, 0.15) is 36.1 Å².